The minimum atomic E-state index is -0.369. The van der Waals surface area contributed by atoms with E-state index >= 15 is 0 Å². The maximum Gasteiger partial charge on any atom is 0.180 e. The minimum absolute atomic E-state index is 0.295. The lowest BCUT2D eigenvalue weighted by Crippen LogP contribution is -2.03. The average molecular weight is 310 g/mol. The van der Waals surface area contributed by atoms with Gasteiger partial charge in [-0.25, -0.2) is 14.4 Å². The lowest BCUT2D eigenvalue weighted by Gasteiger charge is -2.12. The third-order valence-electron chi connectivity index (χ3n) is 3.11. The summed E-state index contributed by atoms with van der Waals surface area (Å²) in [4.78, 5) is 12.6. The van der Waals surface area contributed by atoms with Crippen LogP contribution in [0.25, 0.3) is 11.4 Å². The van der Waals surface area contributed by atoms with Crippen LogP contribution in [0.3, 0.4) is 0 Å². The van der Waals surface area contributed by atoms with Crippen molar-refractivity contribution < 1.29 is 9.13 Å². The Kier molecular flexibility index (Phi) is 4.42. The molecule has 0 aliphatic rings. The summed E-state index contributed by atoms with van der Waals surface area (Å²) in [5.41, 5.74) is 1.15. The van der Waals surface area contributed by atoms with Crippen molar-refractivity contribution in [1.29, 1.82) is 0 Å². The Morgan fingerprint density at radius 1 is 1.13 bits per heavy atom. The van der Waals surface area contributed by atoms with E-state index in [1.54, 1.807) is 48.9 Å². The van der Waals surface area contributed by atoms with E-state index in [1.165, 1.54) is 6.07 Å². The third-order valence-corrected chi connectivity index (χ3v) is 3.11. The Labute approximate surface area is 133 Å². The van der Waals surface area contributed by atoms with Crippen LogP contribution in [0.2, 0.25) is 0 Å². The molecular formula is C17H15FN4O. The molecule has 0 aliphatic carbocycles. The van der Waals surface area contributed by atoms with Gasteiger partial charge < -0.3 is 10.1 Å². The fourth-order valence-corrected chi connectivity index (χ4v) is 2.07. The van der Waals surface area contributed by atoms with Crippen molar-refractivity contribution in [3.63, 3.8) is 0 Å². The van der Waals surface area contributed by atoms with E-state index in [4.69, 9.17) is 4.74 Å². The summed E-state index contributed by atoms with van der Waals surface area (Å²) in [5.74, 6) is 0.908. The highest BCUT2D eigenvalue weighted by molar-refractivity contribution is 5.65. The van der Waals surface area contributed by atoms with E-state index in [1.807, 2.05) is 6.92 Å². The molecule has 0 radical (unpaired) electrons. The monoisotopic (exact) mass is 310 g/mol. The van der Waals surface area contributed by atoms with Crippen LogP contribution in [-0.2, 0) is 0 Å². The predicted octanol–water partition coefficient (Wildman–Crippen LogP) is 3.82. The topological polar surface area (TPSA) is 59.9 Å². The molecular weight excluding hydrogens is 295 g/mol. The number of aromatic nitrogens is 3. The molecule has 0 unspecified atom stereocenters. The highest BCUT2D eigenvalue weighted by Crippen LogP contribution is 2.28. The second-order valence-electron chi connectivity index (χ2n) is 4.68. The summed E-state index contributed by atoms with van der Waals surface area (Å²) in [6.45, 7) is 2.36. The third kappa shape index (κ3) is 3.42. The van der Waals surface area contributed by atoms with Gasteiger partial charge in [0.2, 0.25) is 0 Å². The van der Waals surface area contributed by atoms with Crippen LogP contribution in [-0.4, -0.2) is 21.6 Å². The lowest BCUT2D eigenvalue weighted by molar-refractivity contribution is 0.339. The van der Waals surface area contributed by atoms with E-state index in [9.17, 15) is 4.39 Å². The van der Waals surface area contributed by atoms with Crippen LogP contribution in [0.15, 0.2) is 55.0 Å². The van der Waals surface area contributed by atoms with Gasteiger partial charge in [-0.3, -0.25) is 4.98 Å². The van der Waals surface area contributed by atoms with E-state index in [0.29, 0.717) is 29.6 Å². The van der Waals surface area contributed by atoms with Crippen LogP contribution < -0.4 is 10.1 Å². The van der Waals surface area contributed by atoms with E-state index in [2.05, 4.69) is 20.3 Å². The summed E-state index contributed by atoms with van der Waals surface area (Å²) in [7, 11) is 0. The molecule has 0 bridgehead atoms. The average Bonchev–Trinajstić information content (AvgIpc) is 2.58. The molecule has 3 aromatic rings. The first-order valence-corrected chi connectivity index (χ1v) is 7.19. The largest absolute Gasteiger partial charge is 0.488 e. The molecule has 2 heterocycles. The van der Waals surface area contributed by atoms with Gasteiger partial charge in [0.25, 0.3) is 0 Å². The zero-order chi connectivity index (χ0) is 16.1. The van der Waals surface area contributed by atoms with Gasteiger partial charge in [-0.2, -0.15) is 0 Å². The molecule has 2 aromatic heterocycles. The predicted molar refractivity (Wildman–Crippen MR) is 86.1 cm³/mol. The number of halogens is 1. The first-order valence-electron chi connectivity index (χ1n) is 7.19. The van der Waals surface area contributed by atoms with Gasteiger partial charge in [0.1, 0.15) is 5.82 Å². The fourth-order valence-electron chi connectivity index (χ4n) is 2.07. The van der Waals surface area contributed by atoms with Crippen molar-refractivity contribution in [3.05, 3.63) is 60.8 Å². The Balaban J connectivity index is 2.01. The van der Waals surface area contributed by atoms with Crippen LogP contribution in [0.1, 0.15) is 6.92 Å². The van der Waals surface area contributed by atoms with Gasteiger partial charge in [-0.1, -0.05) is 12.1 Å². The van der Waals surface area contributed by atoms with Crippen molar-refractivity contribution in [2.45, 2.75) is 6.92 Å². The van der Waals surface area contributed by atoms with Crippen molar-refractivity contribution in [1.82, 2.24) is 15.0 Å². The molecule has 23 heavy (non-hydrogen) atoms. The van der Waals surface area contributed by atoms with Crippen LogP contribution in [0.4, 0.5) is 15.9 Å². The number of pyridine rings is 1. The molecule has 0 saturated heterocycles. The zero-order valence-electron chi connectivity index (χ0n) is 12.5. The minimum Gasteiger partial charge on any atom is -0.488 e. The molecule has 1 N–H and O–H groups in total. The maximum absolute atomic E-state index is 13.9. The lowest BCUT2D eigenvalue weighted by atomic mass is 10.2. The van der Waals surface area contributed by atoms with Crippen LogP contribution in [0.5, 0.6) is 5.75 Å². The second-order valence-corrected chi connectivity index (χ2v) is 4.68. The van der Waals surface area contributed by atoms with Crippen molar-refractivity contribution in [2.75, 3.05) is 11.9 Å². The van der Waals surface area contributed by atoms with Crippen molar-refractivity contribution in [2.24, 2.45) is 0 Å². The zero-order valence-corrected chi connectivity index (χ0v) is 12.5. The number of hydrogen-bond acceptors (Lipinski definition) is 5. The summed E-state index contributed by atoms with van der Waals surface area (Å²) in [6.07, 6.45) is 4.88. The summed E-state index contributed by atoms with van der Waals surface area (Å²) in [5, 5.41) is 3.15. The van der Waals surface area contributed by atoms with Crippen LogP contribution >= 0.6 is 0 Å². The molecule has 0 fully saturated rings. The number of nitrogens with zero attached hydrogens (tertiary/aromatic N) is 3. The molecule has 3 rings (SSSR count). The molecule has 0 aliphatic heterocycles. The molecule has 0 atom stereocenters. The number of rotatable bonds is 5. The summed E-state index contributed by atoms with van der Waals surface area (Å²) in [6, 6.07) is 10.0. The smallest absolute Gasteiger partial charge is 0.180 e. The SMILES string of the molecule is CCOc1cnc(-c2ccccc2F)nc1Nc1ccncc1. The second kappa shape index (κ2) is 6.83. The van der Waals surface area contributed by atoms with Gasteiger partial charge in [0.15, 0.2) is 17.4 Å². The molecule has 1 aromatic carbocycles. The molecule has 6 heteroatoms. The fraction of sp³-hybridized carbons (Fsp3) is 0.118. The molecule has 0 saturated carbocycles. The standard InChI is InChI=1S/C17H15FN4O/c1-2-23-15-11-20-16(13-5-3-4-6-14(13)18)22-17(15)21-12-7-9-19-10-8-12/h3-11H,2H2,1H3,(H,19,20,21,22). The van der Waals surface area contributed by atoms with Crippen LogP contribution in [0, 0.1) is 5.82 Å². The van der Waals surface area contributed by atoms with E-state index in [0.717, 1.165) is 5.69 Å². The van der Waals surface area contributed by atoms with Gasteiger partial charge in [0, 0.05) is 18.1 Å². The number of benzene rings is 1. The van der Waals surface area contributed by atoms with Gasteiger partial charge in [-0.15, -0.1) is 0 Å². The Bertz CT molecular complexity index is 796. The highest BCUT2D eigenvalue weighted by atomic mass is 19.1. The molecule has 0 amide bonds. The quantitative estimate of drug-likeness (QED) is 0.776. The number of nitrogens with one attached hydrogen (secondary N) is 1. The first-order chi connectivity index (χ1) is 11.3. The molecule has 5 nitrogen and oxygen atoms in total. The van der Waals surface area contributed by atoms with Crippen molar-refractivity contribution in [3.8, 4) is 17.1 Å². The van der Waals surface area contributed by atoms with Gasteiger partial charge >= 0.3 is 0 Å². The summed E-state index contributed by atoms with van der Waals surface area (Å²) >= 11 is 0. The van der Waals surface area contributed by atoms with Crippen molar-refractivity contribution >= 4 is 11.5 Å². The summed E-state index contributed by atoms with van der Waals surface area (Å²) < 4.78 is 19.5. The Hall–Kier alpha value is -3.02. The van der Waals surface area contributed by atoms with Gasteiger partial charge in [0.05, 0.1) is 18.4 Å². The Morgan fingerprint density at radius 2 is 1.91 bits per heavy atom. The number of ether oxygens (including phenoxy) is 1. The Morgan fingerprint density at radius 3 is 2.65 bits per heavy atom. The normalized spacial score (nSPS) is 10.3. The van der Waals surface area contributed by atoms with E-state index < -0.39 is 0 Å². The molecule has 116 valence electrons. The highest BCUT2D eigenvalue weighted by Gasteiger charge is 2.12. The maximum atomic E-state index is 13.9. The first kappa shape index (κ1) is 14.9. The van der Waals surface area contributed by atoms with Gasteiger partial charge in [-0.05, 0) is 31.2 Å². The van der Waals surface area contributed by atoms with E-state index in [-0.39, 0.29) is 5.82 Å². The number of anilines is 2. The number of hydrogen-bond donors (Lipinski definition) is 1. The molecule has 0 spiro atoms.